The molecule has 132 valence electrons. The summed E-state index contributed by atoms with van der Waals surface area (Å²) in [5.74, 6) is 1.47. The van der Waals surface area contributed by atoms with Crippen molar-refractivity contribution in [2.45, 2.75) is 65.2 Å². The van der Waals surface area contributed by atoms with Gasteiger partial charge in [0.05, 0.1) is 25.4 Å². The first kappa shape index (κ1) is 20.1. The zero-order valence-corrected chi connectivity index (χ0v) is 15.2. The lowest BCUT2D eigenvalue weighted by Crippen LogP contribution is -1.99. The lowest BCUT2D eigenvalue weighted by Gasteiger charge is -2.12. The van der Waals surface area contributed by atoms with E-state index in [0.717, 1.165) is 37.2 Å². The largest absolute Gasteiger partial charge is 0.494 e. The van der Waals surface area contributed by atoms with Crippen LogP contribution in [0.2, 0.25) is 0 Å². The highest BCUT2D eigenvalue weighted by Crippen LogP contribution is 2.22. The Kier molecular flexibility index (Phi) is 11.3. The standard InChI is InChI=1S/C21H31NO2/c1-3-5-7-9-16-23-20-13-11-12-19(18-20)21(14-15-22)24-17-10-8-6-4-2/h11-14,18H,3-10,16-17H2,1-2H3. The van der Waals surface area contributed by atoms with E-state index in [-0.39, 0.29) is 0 Å². The lowest BCUT2D eigenvalue weighted by atomic mass is 10.1. The average molecular weight is 329 g/mol. The van der Waals surface area contributed by atoms with Gasteiger partial charge in [-0.25, -0.2) is 0 Å². The molecule has 0 fully saturated rings. The molecule has 0 unspecified atom stereocenters. The zero-order valence-electron chi connectivity index (χ0n) is 15.2. The number of unbranched alkanes of at least 4 members (excludes halogenated alkanes) is 6. The smallest absolute Gasteiger partial charge is 0.137 e. The first-order valence-electron chi connectivity index (χ1n) is 9.27. The van der Waals surface area contributed by atoms with Crippen molar-refractivity contribution >= 4 is 5.76 Å². The summed E-state index contributed by atoms with van der Waals surface area (Å²) in [6, 6.07) is 9.89. The first-order chi connectivity index (χ1) is 11.8. The quantitative estimate of drug-likeness (QED) is 0.249. The maximum atomic E-state index is 8.99. The highest BCUT2D eigenvalue weighted by atomic mass is 16.5. The van der Waals surface area contributed by atoms with Gasteiger partial charge in [0.2, 0.25) is 0 Å². The lowest BCUT2D eigenvalue weighted by molar-refractivity contribution is 0.266. The third-order valence-electron chi connectivity index (χ3n) is 3.84. The molecule has 0 bridgehead atoms. The summed E-state index contributed by atoms with van der Waals surface area (Å²) in [7, 11) is 0. The second-order valence-corrected chi connectivity index (χ2v) is 5.98. The normalized spacial score (nSPS) is 11.1. The van der Waals surface area contributed by atoms with Crippen molar-refractivity contribution in [2.24, 2.45) is 0 Å². The van der Waals surface area contributed by atoms with Crippen LogP contribution < -0.4 is 4.74 Å². The second-order valence-electron chi connectivity index (χ2n) is 5.98. The van der Waals surface area contributed by atoms with Crippen molar-refractivity contribution in [3.8, 4) is 11.8 Å². The number of ether oxygens (including phenoxy) is 2. The Morgan fingerprint density at radius 1 is 1.00 bits per heavy atom. The van der Waals surface area contributed by atoms with Gasteiger partial charge >= 0.3 is 0 Å². The van der Waals surface area contributed by atoms with E-state index in [4.69, 9.17) is 14.7 Å². The maximum Gasteiger partial charge on any atom is 0.137 e. The molecule has 0 amide bonds. The van der Waals surface area contributed by atoms with E-state index in [0.29, 0.717) is 12.4 Å². The van der Waals surface area contributed by atoms with Crippen molar-refractivity contribution in [1.29, 1.82) is 5.26 Å². The summed E-state index contributed by atoms with van der Waals surface area (Å²) in [6.45, 7) is 5.78. The van der Waals surface area contributed by atoms with Crippen LogP contribution in [0.3, 0.4) is 0 Å². The summed E-state index contributed by atoms with van der Waals surface area (Å²) in [6.07, 6.45) is 10.9. The Morgan fingerprint density at radius 3 is 2.38 bits per heavy atom. The Labute approximate surface area is 147 Å². The summed E-state index contributed by atoms with van der Waals surface area (Å²) in [5.41, 5.74) is 0.901. The predicted molar refractivity (Wildman–Crippen MR) is 99.8 cm³/mol. The minimum absolute atomic E-state index is 0.630. The predicted octanol–water partition coefficient (Wildman–Crippen LogP) is 6.11. The van der Waals surface area contributed by atoms with E-state index >= 15 is 0 Å². The highest BCUT2D eigenvalue weighted by Gasteiger charge is 2.05. The van der Waals surface area contributed by atoms with Crippen molar-refractivity contribution in [1.82, 2.24) is 0 Å². The van der Waals surface area contributed by atoms with E-state index in [2.05, 4.69) is 19.9 Å². The number of hydrogen-bond acceptors (Lipinski definition) is 3. The maximum absolute atomic E-state index is 8.99. The SMILES string of the molecule is CCCCCCOC(=CC#N)c1cccc(OCCCCCC)c1. The van der Waals surface area contributed by atoms with E-state index in [1.54, 1.807) is 0 Å². The Hall–Kier alpha value is -1.95. The van der Waals surface area contributed by atoms with Gasteiger partial charge in [0.25, 0.3) is 0 Å². The number of allylic oxidation sites excluding steroid dienone is 1. The van der Waals surface area contributed by atoms with Crippen LogP contribution in [-0.4, -0.2) is 13.2 Å². The fourth-order valence-electron chi connectivity index (χ4n) is 2.44. The van der Waals surface area contributed by atoms with E-state index in [1.807, 2.05) is 24.3 Å². The minimum atomic E-state index is 0.630. The number of hydrogen-bond donors (Lipinski definition) is 0. The fraction of sp³-hybridized carbons (Fsp3) is 0.571. The van der Waals surface area contributed by atoms with Gasteiger partial charge < -0.3 is 9.47 Å². The van der Waals surface area contributed by atoms with Crippen molar-refractivity contribution in [3.05, 3.63) is 35.9 Å². The summed E-state index contributed by atoms with van der Waals surface area (Å²) < 4.78 is 11.6. The molecule has 0 radical (unpaired) electrons. The monoisotopic (exact) mass is 329 g/mol. The number of nitriles is 1. The van der Waals surface area contributed by atoms with Gasteiger partial charge in [0.1, 0.15) is 11.5 Å². The van der Waals surface area contributed by atoms with Gasteiger partial charge in [0, 0.05) is 5.56 Å². The molecule has 3 nitrogen and oxygen atoms in total. The van der Waals surface area contributed by atoms with Gasteiger partial charge in [-0.2, -0.15) is 5.26 Å². The van der Waals surface area contributed by atoms with E-state index in [1.165, 1.54) is 38.2 Å². The molecule has 0 N–H and O–H groups in total. The van der Waals surface area contributed by atoms with Crippen LogP contribution in [0.4, 0.5) is 0 Å². The first-order valence-corrected chi connectivity index (χ1v) is 9.27. The van der Waals surface area contributed by atoms with Gasteiger partial charge in [0.15, 0.2) is 0 Å². The number of nitrogens with zero attached hydrogens (tertiary/aromatic N) is 1. The minimum Gasteiger partial charge on any atom is -0.494 e. The molecule has 0 saturated heterocycles. The highest BCUT2D eigenvalue weighted by molar-refractivity contribution is 5.63. The molecule has 24 heavy (non-hydrogen) atoms. The van der Waals surface area contributed by atoms with Crippen LogP contribution in [-0.2, 0) is 4.74 Å². The third-order valence-corrected chi connectivity index (χ3v) is 3.84. The second kappa shape index (κ2) is 13.5. The van der Waals surface area contributed by atoms with Crippen LogP contribution in [0.5, 0.6) is 5.75 Å². The summed E-state index contributed by atoms with van der Waals surface area (Å²) in [5, 5.41) is 8.99. The molecule has 0 aliphatic rings. The number of benzene rings is 1. The molecule has 0 aliphatic heterocycles. The van der Waals surface area contributed by atoms with E-state index in [9.17, 15) is 0 Å². The van der Waals surface area contributed by atoms with Crippen LogP contribution in [0.1, 0.15) is 70.8 Å². The summed E-state index contributed by atoms with van der Waals surface area (Å²) >= 11 is 0. The molecular formula is C21H31NO2. The van der Waals surface area contributed by atoms with Crippen molar-refractivity contribution < 1.29 is 9.47 Å². The zero-order chi connectivity index (χ0) is 17.5. The third kappa shape index (κ3) is 8.62. The average Bonchev–Trinajstić information content (AvgIpc) is 2.61. The van der Waals surface area contributed by atoms with Crippen molar-refractivity contribution in [3.63, 3.8) is 0 Å². The molecule has 3 heteroatoms. The van der Waals surface area contributed by atoms with Gasteiger partial charge in [-0.1, -0.05) is 64.5 Å². The van der Waals surface area contributed by atoms with Gasteiger partial charge in [-0.15, -0.1) is 0 Å². The molecule has 1 aromatic rings. The molecule has 0 saturated carbocycles. The molecule has 0 aliphatic carbocycles. The molecule has 1 aromatic carbocycles. The topological polar surface area (TPSA) is 42.2 Å². The molecule has 0 aromatic heterocycles. The fourth-order valence-corrected chi connectivity index (χ4v) is 2.44. The van der Waals surface area contributed by atoms with Crippen LogP contribution in [0.25, 0.3) is 5.76 Å². The molecule has 1 rings (SSSR count). The van der Waals surface area contributed by atoms with Crippen LogP contribution >= 0.6 is 0 Å². The van der Waals surface area contributed by atoms with Crippen LogP contribution in [0, 0.1) is 11.3 Å². The Morgan fingerprint density at radius 2 is 1.71 bits per heavy atom. The molecular weight excluding hydrogens is 298 g/mol. The number of rotatable bonds is 13. The molecule has 0 spiro atoms. The Bertz CT molecular complexity index is 517. The van der Waals surface area contributed by atoms with Gasteiger partial charge in [-0.3, -0.25) is 0 Å². The molecule has 0 atom stereocenters. The molecule has 0 heterocycles. The summed E-state index contributed by atoms with van der Waals surface area (Å²) in [4.78, 5) is 0. The van der Waals surface area contributed by atoms with Crippen LogP contribution in [0.15, 0.2) is 30.3 Å². The van der Waals surface area contributed by atoms with Gasteiger partial charge in [-0.05, 0) is 25.0 Å². The van der Waals surface area contributed by atoms with Crippen molar-refractivity contribution in [2.75, 3.05) is 13.2 Å². The Balaban J connectivity index is 2.53. The van der Waals surface area contributed by atoms with E-state index < -0.39 is 0 Å².